The van der Waals surface area contributed by atoms with Gasteiger partial charge in [-0.15, -0.1) is 0 Å². The van der Waals surface area contributed by atoms with Gasteiger partial charge in [0.25, 0.3) is 0 Å². The maximum Gasteiger partial charge on any atom is 0.157 e. The van der Waals surface area contributed by atoms with Gasteiger partial charge in [-0.3, -0.25) is 0 Å². The summed E-state index contributed by atoms with van der Waals surface area (Å²) >= 11 is 0. The minimum Gasteiger partial charge on any atom is -0.504 e. The van der Waals surface area contributed by atoms with E-state index in [-0.39, 0.29) is 11.5 Å². The lowest BCUT2D eigenvalue weighted by molar-refractivity contribution is 0.403. The Morgan fingerprint density at radius 2 is 2.00 bits per heavy atom. The lowest BCUT2D eigenvalue weighted by atomic mass is 10.1. The molecule has 0 spiro atoms. The Labute approximate surface area is 90.1 Å². The smallest absolute Gasteiger partial charge is 0.157 e. The SMILES string of the molecule is C=C(NCc1ccc(O)c(O)c1)C(C)C. The van der Waals surface area contributed by atoms with Crippen LogP contribution in [0.25, 0.3) is 0 Å². The fourth-order valence-corrected chi connectivity index (χ4v) is 1.10. The molecule has 0 heterocycles. The third-order valence-electron chi connectivity index (χ3n) is 2.26. The average molecular weight is 207 g/mol. The van der Waals surface area contributed by atoms with Crippen LogP contribution in [0.2, 0.25) is 0 Å². The Bertz CT molecular complexity index is 359. The quantitative estimate of drug-likeness (QED) is 0.664. The predicted octanol–water partition coefficient (Wildman–Crippen LogP) is 2.36. The molecule has 0 aromatic heterocycles. The molecule has 3 heteroatoms. The third kappa shape index (κ3) is 3.20. The van der Waals surface area contributed by atoms with Crippen molar-refractivity contribution in [2.75, 3.05) is 0 Å². The molecule has 0 bridgehead atoms. The van der Waals surface area contributed by atoms with E-state index in [2.05, 4.69) is 25.7 Å². The lowest BCUT2D eigenvalue weighted by Gasteiger charge is -2.12. The van der Waals surface area contributed by atoms with Gasteiger partial charge in [-0.2, -0.15) is 0 Å². The molecule has 1 rings (SSSR count). The number of aromatic hydroxyl groups is 2. The first kappa shape index (κ1) is 11.4. The number of hydrogen-bond donors (Lipinski definition) is 3. The van der Waals surface area contributed by atoms with Crippen molar-refractivity contribution >= 4 is 0 Å². The van der Waals surface area contributed by atoms with E-state index in [1.807, 2.05) is 0 Å². The number of nitrogens with one attached hydrogen (secondary N) is 1. The second kappa shape index (κ2) is 4.73. The van der Waals surface area contributed by atoms with Gasteiger partial charge in [-0.05, 0) is 23.6 Å². The minimum atomic E-state index is -0.0959. The Morgan fingerprint density at radius 1 is 1.33 bits per heavy atom. The van der Waals surface area contributed by atoms with Crippen LogP contribution in [0.5, 0.6) is 11.5 Å². The fourth-order valence-electron chi connectivity index (χ4n) is 1.10. The molecule has 1 aromatic carbocycles. The summed E-state index contributed by atoms with van der Waals surface area (Å²) in [5, 5.41) is 21.6. The molecule has 0 unspecified atom stereocenters. The van der Waals surface area contributed by atoms with Crippen molar-refractivity contribution in [3.05, 3.63) is 36.0 Å². The molecule has 3 nitrogen and oxygen atoms in total. The van der Waals surface area contributed by atoms with Crippen LogP contribution in [0.1, 0.15) is 19.4 Å². The molecule has 82 valence electrons. The highest BCUT2D eigenvalue weighted by atomic mass is 16.3. The molecule has 15 heavy (non-hydrogen) atoms. The van der Waals surface area contributed by atoms with Gasteiger partial charge in [0.1, 0.15) is 0 Å². The first-order valence-corrected chi connectivity index (χ1v) is 4.94. The van der Waals surface area contributed by atoms with Crippen LogP contribution < -0.4 is 5.32 Å². The van der Waals surface area contributed by atoms with E-state index in [0.717, 1.165) is 11.3 Å². The monoisotopic (exact) mass is 207 g/mol. The molecule has 0 atom stereocenters. The van der Waals surface area contributed by atoms with E-state index in [1.54, 1.807) is 6.07 Å². The van der Waals surface area contributed by atoms with Gasteiger partial charge in [0, 0.05) is 12.2 Å². The van der Waals surface area contributed by atoms with Gasteiger partial charge in [0.05, 0.1) is 0 Å². The zero-order valence-electron chi connectivity index (χ0n) is 9.12. The number of phenolic OH excluding ortho intramolecular Hbond substituents is 2. The summed E-state index contributed by atoms with van der Waals surface area (Å²) in [6, 6.07) is 4.77. The maximum absolute atomic E-state index is 9.27. The number of benzene rings is 1. The summed E-state index contributed by atoms with van der Waals surface area (Å²) in [5.74, 6) is 0.196. The summed E-state index contributed by atoms with van der Waals surface area (Å²) in [6.45, 7) is 8.61. The molecular weight excluding hydrogens is 190 g/mol. The van der Waals surface area contributed by atoms with Crippen LogP contribution in [0, 0.1) is 5.92 Å². The van der Waals surface area contributed by atoms with Gasteiger partial charge < -0.3 is 15.5 Å². The Balaban J connectivity index is 2.58. The van der Waals surface area contributed by atoms with Crippen molar-refractivity contribution in [2.24, 2.45) is 5.92 Å². The van der Waals surface area contributed by atoms with Gasteiger partial charge in [-0.1, -0.05) is 26.5 Å². The average Bonchev–Trinajstić information content (AvgIpc) is 2.19. The molecular formula is C12H17NO2. The largest absolute Gasteiger partial charge is 0.504 e. The molecule has 0 aliphatic heterocycles. The molecule has 0 radical (unpaired) electrons. The Morgan fingerprint density at radius 3 is 2.53 bits per heavy atom. The van der Waals surface area contributed by atoms with Crippen molar-refractivity contribution in [3.63, 3.8) is 0 Å². The maximum atomic E-state index is 9.27. The highest BCUT2D eigenvalue weighted by molar-refractivity contribution is 5.40. The highest BCUT2D eigenvalue weighted by Gasteiger charge is 2.02. The molecule has 0 fully saturated rings. The van der Waals surface area contributed by atoms with Crippen LogP contribution in [0.15, 0.2) is 30.5 Å². The number of hydrogen-bond acceptors (Lipinski definition) is 3. The summed E-state index contributed by atoms with van der Waals surface area (Å²) in [4.78, 5) is 0. The van der Waals surface area contributed by atoms with E-state index in [9.17, 15) is 5.11 Å². The molecule has 3 N–H and O–H groups in total. The standard InChI is InChI=1S/C12H17NO2/c1-8(2)9(3)13-7-10-4-5-11(14)12(15)6-10/h4-6,8,13-15H,3,7H2,1-2H3. The summed E-state index contributed by atoms with van der Waals surface area (Å²) in [5.41, 5.74) is 1.87. The zero-order chi connectivity index (χ0) is 11.4. The summed E-state index contributed by atoms with van der Waals surface area (Å²) < 4.78 is 0. The van der Waals surface area contributed by atoms with Crippen molar-refractivity contribution in [2.45, 2.75) is 20.4 Å². The van der Waals surface area contributed by atoms with Crippen molar-refractivity contribution in [1.29, 1.82) is 0 Å². The lowest BCUT2D eigenvalue weighted by Crippen LogP contribution is -2.15. The number of rotatable bonds is 4. The topological polar surface area (TPSA) is 52.5 Å². The third-order valence-corrected chi connectivity index (χ3v) is 2.26. The fraction of sp³-hybridized carbons (Fsp3) is 0.333. The predicted molar refractivity (Wildman–Crippen MR) is 60.6 cm³/mol. The zero-order valence-corrected chi connectivity index (χ0v) is 9.12. The Hall–Kier alpha value is -1.64. The normalized spacial score (nSPS) is 10.3. The summed E-state index contributed by atoms with van der Waals surface area (Å²) in [6.07, 6.45) is 0. The van der Waals surface area contributed by atoms with E-state index in [4.69, 9.17) is 5.11 Å². The van der Waals surface area contributed by atoms with Crippen LogP contribution in [-0.2, 0) is 6.54 Å². The van der Waals surface area contributed by atoms with E-state index in [0.29, 0.717) is 12.5 Å². The summed E-state index contributed by atoms with van der Waals surface area (Å²) in [7, 11) is 0. The van der Waals surface area contributed by atoms with Crippen LogP contribution in [0.4, 0.5) is 0 Å². The first-order chi connectivity index (χ1) is 7.00. The van der Waals surface area contributed by atoms with Crippen LogP contribution >= 0.6 is 0 Å². The van der Waals surface area contributed by atoms with Crippen LogP contribution in [-0.4, -0.2) is 10.2 Å². The second-order valence-corrected chi connectivity index (χ2v) is 3.86. The second-order valence-electron chi connectivity index (χ2n) is 3.86. The van der Waals surface area contributed by atoms with Crippen molar-refractivity contribution < 1.29 is 10.2 Å². The number of phenols is 2. The van der Waals surface area contributed by atoms with Gasteiger partial charge >= 0.3 is 0 Å². The van der Waals surface area contributed by atoms with Gasteiger partial charge in [-0.25, -0.2) is 0 Å². The molecule has 0 aliphatic carbocycles. The first-order valence-electron chi connectivity index (χ1n) is 4.94. The highest BCUT2D eigenvalue weighted by Crippen LogP contribution is 2.24. The van der Waals surface area contributed by atoms with Gasteiger partial charge in [0.2, 0.25) is 0 Å². The number of allylic oxidation sites excluding steroid dienone is 1. The molecule has 1 aromatic rings. The van der Waals surface area contributed by atoms with Crippen molar-refractivity contribution in [1.82, 2.24) is 5.32 Å². The molecule has 0 amide bonds. The van der Waals surface area contributed by atoms with Gasteiger partial charge in [0.15, 0.2) is 11.5 Å². The van der Waals surface area contributed by atoms with Crippen LogP contribution in [0.3, 0.4) is 0 Å². The van der Waals surface area contributed by atoms with E-state index < -0.39 is 0 Å². The van der Waals surface area contributed by atoms with E-state index >= 15 is 0 Å². The minimum absolute atomic E-state index is 0.0931. The molecule has 0 saturated carbocycles. The Kier molecular flexibility index (Phi) is 3.61. The molecule has 0 aliphatic rings. The molecule has 0 saturated heterocycles. The van der Waals surface area contributed by atoms with E-state index in [1.165, 1.54) is 12.1 Å². The van der Waals surface area contributed by atoms with Crippen molar-refractivity contribution in [3.8, 4) is 11.5 Å².